The summed E-state index contributed by atoms with van der Waals surface area (Å²) in [6, 6.07) is 5.40. The van der Waals surface area contributed by atoms with Crippen LogP contribution in [0.4, 0.5) is 10.5 Å². The van der Waals surface area contributed by atoms with Crippen LogP contribution in [0.1, 0.15) is 49.5 Å². The van der Waals surface area contributed by atoms with E-state index in [-0.39, 0.29) is 11.9 Å². The van der Waals surface area contributed by atoms with Gasteiger partial charge < -0.3 is 16.0 Å². The normalized spacial score (nSPS) is 18.8. The Morgan fingerprint density at radius 3 is 2.77 bits per heavy atom. The summed E-state index contributed by atoms with van der Waals surface area (Å²) in [5.41, 5.74) is 2.13. The van der Waals surface area contributed by atoms with Crippen LogP contribution in [-0.2, 0) is 0 Å². The molecule has 0 radical (unpaired) electrons. The lowest BCUT2D eigenvalue weighted by Crippen LogP contribution is -2.47. The number of rotatable bonds is 6. The zero-order valence-corrected chi connectivity index (χ0v) is 16.4. The van der Waals surface area contributed by atoms with E-state index in [4.69, 9.17) is 0 Å². The quantitative estimate of drug-likeness (QED) is 0.730. The van der Waals surface area contributed by atoms with Gasteiger partial charge in [-0.1, -0.05) is 13.0 Å². The molecular formula is C20H32N4O2. The lowest BCUT2D eigenvalue weighted by Gasteiger charge is -2.35. The summed E-state index contributed by atoms with van der Waals surface area (Å²) in [7, 11) is 0. The first-order valence-corrected chi connectivity index (χ1v) is 9.58. The second kappa shape index (κ2) is 9.57. The van der Waals surface area contributed by atoms with Gasteiger partial charge in [0.2, 0.25) is 0 Å². The van der Waals surface area contributed by atoms with Crippen molar-refractivity contribution in [1.82, 2.24) is 15.5 Å². The molecule has 0 aliphatic carbocycles. The van der Waals surface area contributed by atoms with Crippen LogP contribution in [0.5, 0.6) is 0 Å². The van der Waals surface area contributed by atoms with Crippen LogP contribution in [-0.4, -0.2) is 49.1 Å². The molecule has 1 aromatic carbocycles. The number of hydrogen-bond acceptors (Lipinski definition) is 3. The number of hydrogen-bond donors (Lipinski definition) is 3. The molecule has 1 aliphatic heterocycles. The predicted molar refractivity (Wildman–Crippen MR) is 106 cm³/mol. The minimum atomic E-state index is -0.238. The maximum absolute atomic E-state index is 12.3. The van der Waals surface area contributed by atoms with Gasteiger partial charge in [-0.05, 0) is 63.8 Å². The third kappa shape index (κ3) is 5.73. The number of amides is 3. The number of likely N-dealkylation sites (tertiary alicyclic amines) is 1. The molecule has 3 amide bonds. The summed E-state index contributed by atoms with van der Waals surface area (Å²) in [5.74, 6) is 0.587. The van der Waals surface area contributed by atoms with Crippen LogP contribution in [0.25, 0.3) is 0 Å². The van der Waals surface area contributed by atoms with Gasteiger partial charge in [-0.25, -0.2) is 4.79 Å². The smallest absolute Gasteiger partial charge is 0.319 e. The fourth-order valence-corrected chi connectivity index (χ4v) is 3.32. The Balaban J connectivity index is 1.89. The SMILES string of the molecule is CCNC(=O)c1ccc(C)c(NC(=O)NCC(C)N2CCCC(C)C2)c1. The number of nitrogens with one attached hydrogen (secondary N) is 3. The van der Waals surface area contributed by atoms with Crippen LogP contribution >= 0.6 is 0 Å². The minimum Gasteiger partial charge on any atom is -0.352 e. The first kappa shape index (κ1) is 20.2. The fourth-order valence-electron chi connectivity index (χ4n) is 3.32. The van der Waals surface area contributed by atoms with Crippen molar-refractivity contribution in [1.29, 1.82) is 0 Å². The Kier molecular flexibility index (Phi) is 7.45. The van der Waals surface area contributed by atoms with Gasteiger partial charge in [-0.3, -0.25) is 9.69 Å². The molecule has 3 N–H and O–H groups in total. The average molecular weight is 361 g/mol. The van der Waals surface area contributed by atoms with Crippen LogP contribution in [0.3, 0.4) is 0 Å². The number of benzene rings is 1. The molecule has 2 rings (SSSR count). The summed E-state index contributed by atoms with van der Waals surface area (Å²) in [4.78, 5) is 26.7. The second-order valence-corrected chi connectivity index (χ2v) is 7.32. The van der Waals surface area contributed by atoms with Gasteiger partial charge in [0.15, 0.2) is 0 Å². The molecule has 0 bridgehead atoms. The van der Waals surface area contributed by atoms with Gasteiger partial charge in [0, 0.05) is 36.9 Å². The highest BCUT2D eigenvalue weighted by Gasteiger charge is 2.21. The third-order valence-corrected chi connectivity index (χ3v) is 4.96. The summed E-state index contributed by atoms with van der Waals surface area (Å²) in [5, 5.41) is 8.59. The van der Waals surface area contributed by atoms with Crippen molar-refractivity contribution in [2.45, 2.75) is 46.6 Å². The molecule has 144 valence electrons. The molecule has 1 aliphatic rings. The Morgan fingerprint density at radius 1 is 1.31 bits per heavy atom. The topological polar surface area (TPSA) is 73.5 Å². The Labute approximate surface area is 156 Å². The van der Waals surface area contributed by atoms with Gasteiger partial charge in [0.1, 0.15) is 0 Å². The number of urea groups is 1. The molecule has 0 spiro atoms. The van der Waals surface area contributed by atoms with E-state index in [9.17, 15) is 9.59 Å². The molecule has 1 heterocycles. The first-order valence-electron chi connectivity index (χ1n) is 9.58. The van der Waals surface area contributed by atoms with Gasteiger partial charge in [0.25, 0.3) is 5.91 Å². The van der Waals surface area contributed by atoms with Crippen molar-refractivity contribution in [2.24, 2.45) is 5.92 Å². The molecule has 6 nitrogen and oxygen atoms in total. The van der Waals surface area contributed by atoms with E-state index in [2.05, 4.69) is 34.7 Å². The standard InChI is InChI=1S/C20H32N4O2/c1-5-21-19(25)17-9-8-15(3)18(11-17)23-20(26)22-12-16(4)24-10-6-7-14(2)13-24/h8-9,11,14,16H,5-7,10,12-13H2,1-4H3,(H,21,25)(H2,22,23,26). The fraction of sp³-hybridized carbons (Fsp3) is 0.600. The van der Waals surface area contributed by atoms with E-state index in [1.807, 2.05) is 19.9 Å². The van der Waals surface area contributed by atoms with Crippen LogP contribution in [0.2, 0.25) is 0 Å². The van der Waals surface area contributed by atoms with Gasteiger partial charge in [-0.2, -0.15) is 0 Å². The highest BCUT2D eigenvalue weighted by Crippen LogP contribution is 2.18. The average Bonchev–Trinajstić information content (AvgIpc) is 2.61. The zero-order valence-electron chi connectivity index (χ0n) is 16.4. The number of anilines is 1. The van der Waals surface area contributed by atoms with Crippen LogP contribution in [0.15, 0.2) is 18.2 Å². The largest absolute Gasteiger partial charge is 0.352 e. The lowest BCUT2D eigenvalue weighted by atomic mass is 9.99. The van der Waals surface area contributed by atoms with Crippen LogP contribution in [0, 0.1) is 12.8 Å². The van der Waals surface area contributed by atoms with E-state index in [0.29, 0.717) is 30.4 Å². The molecule has 1 fully saturated rings. The minimum absolute atomic E-state index is 0.135. The van der Waals surface area contributed by atoms with Gasteiger partial charge >= 0.3 is 6.03 Å². The summed E-state index contributed by atoms with van der Waals surface area (Å²) in [6.45, 7) is 11.6. The maximum atomic E-state index is 12.3. The molecular weight excluding hydrogens is 328 g/mol. The highest BCUT2D eigenvalue weighted by atomic mass is 16.2. The molecule has 1 aromatic rings. The highest BCUT2D eigenvalue weighted by molar-refractivity contribution is 5.97. The Morgan fingerprint density at radius 2 is 2.08 bits per heavy atom. The van der Waals surface area contributed by atoms with Gasteiger partial charge in [0.05, 0.1) is 0 Å². The summed E-state index contributed by atoms with van der Waals surface area (Å²) < 4.78 is 0. The summed E-state index contributed by atoms with van der Waals surface area (Å²) >= 11 is 0. The number of aryl methyl sites for hydroxylation is 1. The number of carbonyl (C=O) groups excluding carboxylic acids is 2. The monoisotopic (exact) mass is 360 g/mol. The molecule has 1 saturated heterocycles. The molecule has 6 heteroatoms. The molecule has 2 atom stereocenters. The summed E-state index contributed by atoms with van der Waals surface area (Å²) in [6.07, 6.45) is 2.52. The van der Waals surface area contributed by atoms with Gasteiger partial charge in [-0.15, -0.1) is 0 Å². The maximum Gasteiger partial charge on any atom is 0.319 e. The molecule has 0 aromatic heterocycles. The van der Waals surface area contributed by atoms with E-state index in [1.54, 1.807) is 12.1 Å². The van der Waals surface area contributed by atoms with E-state index < -0.39 is 0 Å². The second-order valence-electron chi connectivity index (χ2n) is 7.32. The predicted octanol–water partition coefficient (Wildman–Crippen LogP) is 2.99. The number of carbonyl (C=O) groups is 2. The number of piperidine rings is 1. The number of nitrogens with zero attached hydrogens (tertiary/aromatic N) is 1. The Hall–Kier alpha value is -2.08. The Bertz CT molecular complexity index is 632. The van der Waals surface area contributed by atoms with Crippen molar-refractivity contribution in [2.75, 3.05) is 31.5 Å². The first-order chi connectivity index (χ1) is 12.4. The van der Waals surface area contributed by atoms with Crippen molar-refractivity contribution < 1.29 is 9.59 Å². The van der Waals surface area contributed by atoms with E-state index in [1.165, 1.54) is 12.8 Å². The zero-order chi connectivity index (χ0) is 19.1. The van der Waals surface area contributed by atoms with Crippen molar-refractivity contribution in [3.8, 4) is 0 Å². The molecule has 0 saturated carbocycles. The molecule has 2 unspecified atom stereocenters. The molecule has 26 heavy (non-hydrogen) atoms. The lowest BCUT2D eigenvalue weighted by molar-refractivity contribution is 0.0956. The van der Waals surface area contributed by atoms with E-state index >= 15 is 0 Å². The van der Waals surface area contributed by atoms with Crippen LogP contribution < -0.4 is 16.0 Å². The van der Waals surface area contributed by atoms with Crippen molar-refractivity contribution in [3.05, 3.63) is 29.3 Å². The van der Waals surface area contributed by atoms with Crippen molar-refractivity contribution >= 4 is 17.6 Å². The van der Waals surface area contributed by atoms with E-state index in [0.717, 1.165) is 24.6 Å². The van der Waals surface area contributed by atoms with Crippen molar-refractivity contribution in [3.63, 3.8) is 0 Å². The third-order valence-electron chi connectivity index (χ3n) is 4.96.